The highest BCUT2D eigenvalue weighted by Gasteiger charge is 2.10. The van der Waals surface area contributed by atoms with Gasteiger partial charge in [-0.2, -0.15) is 0 Å². The van der Waals surface area contributed by atoms with Crippen molar-refractivity contribution >= 4 is 16.7 Å². The minimum Gasteiger partial charge on any atom is -0.359 e. The molecule has 0 radical (unpaired) electrons. The number of para-hydroxylation sites is 1. The van der Waals surface area contributed by atoms with Crippen LogP contribution in [0.2, 0.25) is 0 Å². The van der Waals surface area contributed by atoms with Crippen LogP contribution in [0.15, 0.2) is 30.3 Å². The van der Waals surface area contributed by atoms with Crippen LogP contribution in [-0.2, 0) is 6.54 Å². The first-order chi connectivity index (χ1) is 10.1. The van der Waals surface area contributed by atoms with Crippen molar-refractivity contribution in [2.45, 2.75) is 13.0 Å². The van der Waals surface area contributed by atoms with Gasteiger partial charge >= 0.3 is 0 Å². The van der Waals surface area contributed by atoms with E-state index < -0.39 is 0 Å². The van der Waals surface area contributed by atoms with Gasteiger partial charge in [0, 0.05) is 31.1 Å². The van der Waals surface area contributed by atoms with Gasteiger partial charge in [0.2, 0.25) is 0 Å². The quantitative estimate of drug-likeness (QED) is 0.846. The molecule has 0 amide bonds. The van der Waals surface area contributed by atoms with E-state index in [1.54, 1.807) is 0 Å². The minimum absolute atomic E-state index is 0.838. The van der Waals surface area contributed by atoms with Crippen LogP contribution in [0.3, 0.4) is 0 Å². The number of fused-ring (bicyclic) bond motifs is 1. The Bertz CT molecular complexity index is 580. The van der Waals surface area contributed by atoms with Crippen LogP contribution in [0.4, 0.5) is 5.82 Å². The second kappa shape index (κ2) is 7.38. The van der Waals surface area contributed by atoms with Gasteiger partial charge in [-0.25, -0.2) is 4.98 Å². The third kappa shape index (κ3) is 4.16. The standard InChI is InChI=1S/C17H26N4/c1-18-13-15-12-14-8-5-6-9-16(14)19-17(15)21(4)11-7-10-20(2)3/h5-6,8-9,12,18H,7,10-11,13H2,1-4H3. The number of nitrogens with zero attached hydrogens (tertiary/aromatic N) is 3. The Balaban J connectivity index is 2.24. The summed E-state index contributed by atoms with van der Waals surface area (Å²) in [5, 5.41) is 4.45. The Labute approximate surface area is 127 Å². The van der Waals surface area contributed by atoms with Crippen molar-refractivity contribution in [3.8, 4) is 0 Å². The van der Waals surface area contributed by atoms with Crippen molar-refractivity contribution in [1.82, 2.24) is 15.2 Å². The minimum atomic E-state index is 0.838. The van der Waals surface area contributed by atoms with E-state index in [1.165, 1.54) is 10.9 Å². The maximum Gasteiger partial charge on any atom is 0.133 e. The monoisotopic (exact) mass is 286 g/mol. The summed E-state index contributed by atoms with van der Waals surface area (Å²) >= 11 is 0. The van der Waals surface area contributed by atoms with E-state index in [0.717, 1.165) is 37.4 Å². The van der Waals surface area contributed by atoms with E-state index in [4.69, 9.17) is 4.98 Å². The first kappa shape index (κ1) is 15.7. The van der Waals surface area contributed by atoms with Crippen LogP contribution < -0.4 is 10.2 Å². The van der Waals surface area contributed by atoms with Gasteiger partial charge < -0.3 is 15.1 Å². The molecule has 0 aliphatic rings. The fourth-order valence-electron chi connectivity index (χ4n) is 2.53. The molecule has 21 heavy (non-hydrogen) atoms. The number of pyridine rings is 1. The number of hydrogen-bond acceptors (Lipinski definition) is 4. The number of aromatic nitrogens is 1. The Morgan fingerprint density at radius 3 is 2.57 bits per heavy atom. The third-order valence-corrected chi connectivity index (χ3v) is 3.61. The molecule has 0 aliphatic heterocycles. The summed E-state index contributed by atoms with van der Waals surface area (Å²) in [6.07, 6.45) is 1.14. The first-order valence-electron chi connectivity index (χ1n) is 7.51. The molecule has 1 aromatic heterocycles. The van der Waals surface area contributed by atoms with Crippen molar-refractivity contribution in [2.24, 2.45) is 0 Å². The lowest BCUT2D eigenvalue weighted by Crippen LogP contribution is -2.25. The van der Waals surface area contributed by atoms with Gasteiger partial charge in [0.15, 0.2) is 0 Å². The van der Waals surface area contributed by atoms with E-state index >= 15 is 0 Å². The molecule has 1 N–H and O–H groups in total. The second-order valence-corrected chi connectivity index (χ2v) is 5.77. The van der Waals surface area contributed by atoms with Crippen molar-refractivity contribution < 1.29 is 0 Å². The van der Waals surface area contributed by atoms with Crippen molar-refractivity contribution in [1.29, 1.82) is 0 Å². The van der Waals surface area contributed by atoms with E-state index in [1.807, 2.05) is 13.1 Å². The summed E-state index contributed by atoms with van der Waals surface area (Å²) in [6.45, 7) is 2.95. The van der Waals surface area contributed by atoms with E-state index in [0.29, 0.717) is 0 Å². The number of rotatable bonds is 7. The Kier molecular flexibility index (Phi) is 5.53. The molecule has 0 bridgehead atoms. The van der Waals surface area contributed by atoms with Gasteiger partial charge in [0.1, 0.15) is 5.82 Å². The first-order valence-corrected chi connectivity index (χ1v) is 7.51. The molecule has 1 heterocycles. The van der Waals surface area contributed by atoms with Gasteiger partial charge in [-0.15, -0.1) is 0 Å². The van der Waals surface area contributed by atoms with Crippen LogP contribution in [0.1, 0.15) is 12.0 Å². The zero-order valence-corrected chi connectivity index (χ0v) is 13.6. The SMILES string of the molecule is CNCc1cc2ccccc2nc1N(C)CCCN(C)C. The van der Waals surface area contributed by atoms with Crippen LogP contribution in [0.25, 0.3) is 10.9 Å². The maximum atomic E-state index is 4.86. The van der Waals surface area contributed by atoms with Crippen LogP contribution in [0.5, 0.6) is 0 Å². The number of anilines is 1. The molecule has 0 fully saturated rings. The molecule has 114 valence electrons. The zero-order valence-electron chi connectivity index (χ0n) is 13.6. The molecule has 2 aromatic rings. The van der Waals surface area contributed by atoms with E-state index in [-0.39, 0.29) is 0 Å². The highest BCUT2D eigenvalue weighted by atomic mass is 15.2. The lowest BCUT2D eigenvalue weighted by Gasteiger charge is -2.22. The highest BCUT2D eigenvalue weighted by molar-refractivity contribution is 5.81. The number of hydrogen-bond donors (Lipinski definition) is 1. The van der Waals surface area contributed by atoms with Gasteiger partial charge in [-0.05, 0) is 46.2 Å². The molecule has 1 aromatic carbocycles. The molecule has 4 nitrogen and oxygen atoms in total. The molecule has 0 atom stereocenters. The molecule has 0 spiro atoms. The van der Waals surface area contributed by atoms with Crippen LogP contribution in [0, 0.1) is 0 Å². The van der Waals surface area contributed by atoms with Gasteiger partial charge in [-0.3, -0.25) is 0 Å². The summed E-state index contributed by atoms with van der Waals surface area (Å²) in [6, 6.07) is 10.6. The largest absolute Gasteiger partial charge is 0.359 e. The molecule has 0 unspecified atom stereocenters. The van der Waals surface area contributed by atoms with Gasteiger partial charge in [0.25, 0.3) is 0 Å². The second-order valence-electron chi connectivity index (χ2n) is 5.77. The van der Waals surface area contributed by atoms with Crippen LogP contribution in [-0.4, -0.2) is 51.2 Å². The lowest BCUT2D eigenvalue weighted by molar-refractivity contribution is 0.401. The lowest BCUT2D eigenvalue weighted by atomic mass is 10.1. The predicted octanol–water partition coefficient (Wildman–Crippen LogP) is 2.34. The molecule has 0 saturated carbocycles. The summed E-state index contributed by atoms with van der Waals surface area (Å²) in [5.41, 5.74) is 2.32. The Hall–Kier alpha value is -1.65. The average molecular weight is 286 g/mol. The Morgan fingerprint density at radius 1 is 1.10 bits per heavy atom. The van der Waals surface area contributed by atoms with E-state index in [9.17, 15) is 0 Å². The van der Waals surface area contributed by atoms with Crippen molar-refractivity contribution in [2.75, 3.05) is 46.2 Å². The highest BCUT2D eigenvalue weighted by Crippen LogP contribution is 2.23. The summed E-state index contributed by atoms with van der Waals surface area (Å²) in [7, 11) is 8.33. The average Bonchev–Trinajstić information content (AvgIpc) is 2.46. The normalized spacial score (nSPS) is 11.3. The molecule has 0 saturated heterocycles. The smallest absolute Gasteiger partial charge is 0.133 e. The molecule has 0 aliphatic carbocycles. The molecule has 2 rings (SSSR count). The number of nitrogens with one attached hydrogen (secondary N) is 1. The topological polar surface area (TPSA) is 31.4 Å². The molecule has 4 heteroatoms. The third-order valence-electron chi connectivity index (χ3n) is 3.61. The summed E-state index contributed by atoms with van der Waals surface area (Å²) in [4.78, 5) is 9.35. The zero-order chi connectivity index (χ0) is 15.2. The fourth-order valence-corrected chi connectivity index (χ4v) is 2.53. The summed E-state index contributed by atoms with van der Waals surface area (Å²) < 4.78 is 0. The van der Waals surface area contributed by atoms with Crippen molar-refractivity contribution in [3.63, 3.8) is 0 Å². The van der Waals surface area contributed by atoms with E-state index in [2.05, 4.69) is 60.5 Å². The molecular formula is C17H26N4. The van der Waals surface area contributed by atoms with Gasteiger partial charge in [-0.1, -0.05) is 18.2 Å². The summed E-state index contributed by atoms with van der Waals surface area (Å²) in [5.74, 6) is 1.09. The predicted molar refractivity (Wildman–Crippen MR) is 90.9 cm³/mol. The Morgan fingerprint density at radius 2 is 1.86 bits per heavy atom. The fraction of sp³-hybridized carbons (Fsp3) is 0.471. The van der Waals surface area contributed by atoms with Crippen molar-refractivity contribution in [3.05, 3.63) is 35.9 Å². The maximum absolute atomic E-state index is 4.86. The molecular weight excluding hydrogens is 260 g/mol. The van der Waals surface area contributed by atoms with Gasteiger partial charge in [0.05, 0.1) is 5.52 Å². The van der Waals surface area contributed by atoms with Crippen LogP contribution >= 0.6 is 0 Å². The number of benzene rings is 1.